The summed E-state index contributed by atoms with van der Waals surface area (Å²) in [6, 6.07) is 5.58. The fourth-order valence-corrected chi connectivity index (χ4v) is 2.88. The van der Waals surface area contributed by atoms with Gasteiger partial charge in [0.2, 0.25) is 5.91 Å². The molecular formula is C17H17ClN2O. The Morgan fingerprint density at radius 1 is 1.38 bits per heavy atom. The van der Waals surface area contributed by atoms with E-state index >= 15 is 0 Å². The number of carbonyl (C=O) groups is 1. The van der Waals surface area contributed by atoms with Crippen LogP contribution in [0.4, 0.5) is 5.69 Å². The third-order valence-electron chi connectivity index (χ3n) is 3.86. The molecule has 1 unspecified atom stereocenters. The van der Waals surface area contributed by atoms with Crippen LogP contribution in [-0.2, 0) is 4.79 Å². The van der Waals surface area contributed by atoms with Crippen molar-refractivity contribution in [1.82, 2.24) is 0 Å². The number of anilines is 1. The molecule has 1 heterocycles. The van der Waals surface area contributed by atoms with Gasteiger partial charge in [0.15, 0.2) is 0 Å². The molecule has 3 rings (SSSR count). The number of halogens is 1. The molecule has 108 valence electrons. The van der Waals surface area contributed by atoms with Gasteiger partial charge in [-0.05, 0) is 36.1 Å². The van der Waals surface area contributed by atoms with E-state index < -0.39 is 0 Å². The van der Waals surface area contributed by atoms with Crippen molar-refractivity contribution in [3.63, 3.8) is 0 Å². The maximum atomic E-state index is 12.1. The first kappa shape index (κ1) is 14.1. The summed E-state index contributed by atoms with van der Waals surface area (Å²) >= 11 is 6.15. The van der Waals surface area contributed by atoms with Gasteiger partial charge < -0.3 is 4.90 Å². The number of benzene rings is 1. The van der Waals surface area contributed by atoms with E-state index in [9.17, 15) is 4.79 Å². The molecule has 0 saturated carbocycles. The first-order chi connectivity index (χ1) is 10.1. The summed E-state index contributed by atoms with van der Waals surface area (Å²) in [7, 11) is 1.78. The summed E-state index contributed by atoms with van der Waals surface area (Å²) < 4.78 is 0. The molecule has 1 amide bonds. The predicted molar refractivity (Wildman–Crippen MR) is 87.3 cm³/mol. The van der Waals surface area contributed by atoms with Crippen LogP contribution in [0.2, 0.25) is 5.02 Å². The van der Waals surface area contributed by atoms with Gasteiger partial charge >= 0.3 is 0 Å². The lowest BCUT2D eigenvalue weighted by Crippen LogP contribution is -2.27. The molecule has 0 aromatic heterocycles. The molecule has 0 spiro atoms. The second-order valence-corrected chi connectivity index (χ2v) is 5.95. The monoisotopic (exact) mass is 300 g/mol. The minimum Gasteiger partial charge on any atom is -0.313 e. The quantitative estimate of drug-likeness (QED) is 0.779. The molecule has 0 radical (unpaired) electrons. The van der Waals surface area contributed by atoms with E-state index in [0.29, 0.717) is 10.9 Å². The molecule has 2 aliphatic rings. The average Bonchev–Trinajstić information content (AvgIpc) is 2.57. The molecule has 1 aromatic rings. The lowest BCUT2D eigenvalue weighted by Gasteiger charge is -2.19. The molecule has 0 fully saturated rings. The smallest absolute Gasteiger partial charge is 0.248 e. The van der Waals surface area contributed by atoms with Crippen LogP contribution in [0.25, 0.3) is 0 Å². The van der Waals surface area contributed by atoms with Crippen molar-refractivity contribution in [3.05, 3.63) is 52.6 Å². The van der Waals surface area contributed by atoms with Gasteiger partial charge in [-0.1, -0.05) is 36.8 Å². The molecule has 4 heteroatoms. The number of likely N-dealkylation sites (N-methyl/N-ethyl adjacent to an activating group) is 1. The van der Waals surface area contributed by atoms with Gasteiger partial charge in [0.25, 0.3) is 0 Å². The van der Waals surface area contributed by atoms with Crippen molar-refractivity contribution in [2.45, 2.75) is 13.3 Å². The van der Waals surface area contributed by atoms with Gasteiger partial charge in [-0.25, -0.2) is 0 Å². The van der Waals surface area contributed by atoms with Crippen molar-refractivity contribution in [2.24, 2.45) is 10.9 Å². The third-order valence-corrected chi connectivity index (χ3v) is 4.10. The fourth-order valence-electron chi connectivity index (χ4n) is 2.71. The zero-order valence-corrected chi connectivity index (χ0v) is 12.9. The van der Waals surface area contributed by atoms with Gasteiger partial charge in [-0.2, -0.15) is 0 Å². The average molecular weight is 301 g/mol. The maximum absolute atomic E-state index is 12.1. The number of hydrogen-bond donors (Lipinski definition) is 0. The standard InChI is InChI=1S/C17H17ClN2O/c1-11-4-3-5-12(8-11)17-14-9-13(18)6-7-15(14)20(2)16(21)10-19-17/h3,5-9,11H,4,10H2,1-2H3. The molecule has 1 aromatic carbocycles. The molecule has 0 N–H and O–H groups in total. The highest BCUT2D eigenvalue weighted by atomic mass is 35.5. The number of nitrogens with zero attached hydrogens (tertiary/aromatic N) is 2. The Bertz CT molecular complexity index is 688. The topological polar surface area (TPSA) is 32.7 Å². The Morgan fingerprint density at radius 3 is 2.95 bits per heavy atom. The van der Waals surface area contributed by atoms with Gasteiger partial charge in [-0.15, -0.1) is 0 Å². The number of amides is 1. The number of carbonyl (C=O) groups excluding carboxylic acids is 1. The second kappa shape index (κ2) is 5.49. The SMILES string of the molecule is CC1C=C(C2=NCC(=O)N(C)c3ccc(Cl)cc32)C=CC1. The molecule has 1 aliphatic heterocycles. The second-order valence-electron chi connectivity index (χ2n) is 5.52. The lowest BCUT2D eigenvalue weighted by atomic mass is 9.92. The largest absolute Gasteiger partial charge is 0.313 e. The summed E-state index contributed by atoms with van der Waals surface area (Å²) in [6.45, 7) is 2.34. The minimum atomic E-state index is -0.0120. The number of allylic oxidation sites excluding steroid dienone is 4. The molecule has 1 aliphatic carbocycles. The fraction of sp³-hybridized carbons (Fsp3) is 0.294. The van der Waals surface area contributed by atoms with E-state index in [2.05, 4.69) is 30.1 Å². The normalized spacial score (nSPS) is 21.6. The van der Waals surface area contributed by atoms with E-state index in [-0.39, 0.29) is 12.5 Å². The summed E-state index contributed by atoms with van der Waals surface area (Å²) in [4.78, 5) is 18.3. The highest BCUT2D eigenvalue weighted by molar-refractivity contribution is 6.32. The first-order valence-corrected chi connectivity index (χ1v) is 7.43. The Hall–Kier alpha value is -1.87. The summed E-state index contributed by atoms with van der Waals surface area (Å²) in [5.41, 5.74) is 3.70. The molecule has 1 atom stereocenters. The van der Waals surface area contributed by atoms with E-state index in [1.807, 2.05) is 12.1 Å². The van der Waals surface area contributed by atoms with Crippen LogP contribution >= 0.6 is 11.6 Å². The predicted octanol–water partition coefficient (Wildman–Crippen LogP) is 3.63. The highest BCUT2D eigenvalue weighted by Crippen LogP contribution is 2.30. The molecule has 0 bridgehead atoms. The van der Waals surface area contributed by atoms with Gasteiger partial charge in [-0.3, -0.25) is 9.79 Å². The summed E-state index contributed by atoms with van der Waals surface area (Å²) in [5, 5.41) is 0.651. The Labute approximate surface area is 129 Å². The van der Waals surface area contributed by atoms with Crippen LogP contribution in [0.3, 0.4) is 0 Å². The van der Waals surface area contributed by atoms with Crippen molar-refractivity contribution in [1.29, 1.82) is 0 Å². The van der Waals surface area contributed by atoms with Crippen LogP contribution in [0.15, 0.2) is 47.0 Å². The summed E-state index contributed by atoms with van der Waals surface area (Å²) in [5.74, 6) is 0.467. The number of fused-ring (bicyclic) bond motifs is 1. The van der Waals surface area contributed by atoms with E-state index in [4.69, 9.17) is 11.6 Å². The third kappa shape index (κ3) is 2.66. The van der Waals surface area contributed by atoms with E-state index in [1.165, 1.54) is 0 Å². The maximum Gasteiger partial charge on any atom is 0.248 e. The van der Waals surface area contributed by atoms with Gasteiger partial charge in [0.05, 0.1) is 11.4 Å². The summed E-state index contributed by atoms with van der Waals surface area (Å²) in [6.07, 6.45) is 7.49. The van der Waals surface area contributed by atoms with Crippen LogP contribution < -0.4 is 4.90 Å². The van der Waals surface area contributed by atoms with Crippen LogP contribution in [0.5, 0.6) is 0 Å². The van der Waals surface area contributed by atoms with Crippen molar-refractivity contribution < 1.29 is 4.79 Å². The zero-order chi connectivity index (χ0) is 15.0. The molecule has 0 saturated heterocycles. The van der Waals surface area contributed by atoms with Crippen LogP contribution in [0.1, 0.15) is 18.9 Å². The van der Waals surface area contributed by atoms with E-state index in [0.717, 1.165) is 29.0 Å². The van der Waals surface area contributed by atoms with Crippen molar-refractivity contribution >= 4 is 28.9 Å². The van der Waals surface area contributed by atoms with Crippen LogP contribution in [-0.4, -0.2) is 25.2 Å². The Morgan fingerprint density at radius 2 is 2.19 bits per heavy atom. The Balaban J connectivity index is 2.17. The zero-order valence-electron chi connectivity index (χ0n) is 12.1. The van der Waals surface area contributed by atoms with Crippen molar-refractivity contribution in [2.75, 3.05) is 18.5 Å². The molecular weight excluding hydrogens is 284 g/mol. The highest BCUT2D eigenvalue weighted by Gasteiger charge is 2.23. The minimum absolute atomic E-state index is 0.0120. The Kier molecular flexibility index (Phi) is 3.68. The van der Waals surface area contributed by atoms with Crippen LogP contribution in [0, 0.1) is 5.92 Å². The number of hydrogen-bond acceptors (Lipinski definition) is 2. The number of benzodiazepines with no additional fused rings is 1. The van der Waals surface area contributed by atoms with E-state index in [1.54, 1.807) is 18.0 Å². The number of rotatable bonds is 1. The van der Waals surface area contributed by atoms with Gasteiger partial charge in [0, 0.05) is 17.6 Å². The molecule has 3 nitrogen and oxygen atoms in total. The van der Waals surface area contributed by atoms with Gasteiger partial charge in [0.1, 0.15) is 6.54 Å². The van der Waals surface area contributed by atoms with Crippen molar-refractivity contribution in [3.8, 4) is 0 Å². The first-order valence-electron chi connectivity index (χ1n) is 7.06. The molecule has 21 heavy (non-hydrogen) atoms. The lowest BCUT2D eigenvalue weighted by molar-refractivity contribution is -0.116. The number of aliphatic imine (C=N–C) groups is 1.